The van der Waals surface area contributed by atoms with Crippen LogP contribution in [0.1, 0.15) is 5.56 Å². The van der Waals surface area contributed by atoms with E-state index in [1.165, 1.54) is 26.4 Å². The molecule has 0 unspecified atom stereocenters. The van der Waals surface area contributed by atoms with E-state index in [0.717, 1.165) is 11.3 Å². The van der Waals surface area contributed by atoms with Crippen molar-refractivity contribution in [3.63, 3.8) is 0 Å². The molecule has 138 valence electrons. The fourth-order valence-corrected chi connectivity index (χ4v) is 3.13. The molecule has 2 aromatic rings. The number of nitrogens with one attached hydrogen (secondary N) is 1. The van der Waals surface area contributed by atoms with Crippen LogP contribution in [-0.4, -0.2) is 43.3 Å². The van der Waals surface area contributed by atoms with E-state index in [9.17, 15) is 8.42 Å². The molecule has 2 aromatic carbocycles. The first-order valence-electron chi connectivity index (χ1n) is 7.85. The minimum Gasteiger partial charge on any atom is -0.493 e. The van der Waals surface area contributed by atoms with Gasteiger partial charge in [0.1, 0.15) is 0 Å². The molecule has 0 spiro atoms. The Morgan fingerprint density at radius 2 is 1.65 bits per heavy atom. The van der Waals surface area contributed by atoms with Gasteiger partial charge in [0.25, 0.3) is 0 Å². The lowest BCUT2D eigenvalue weighted by Gasteiger charge is -2.11. The Labute approximate surface area is 154 Å². The quantitative estimate of drug-likeness (QED) is 0.785. The second-order valence-corrected chi connectivity index (χ2v) is 7.35. The molecule has 0 fully saturated rings. The van der Waals surface area contributed by atoms with E-state index in [1.807, 2.05) is 43.3 Å². The molecule has 7 heteroatoms. The summed E-state index contributed by atoms with van der Waals surface area (Å²) in [6.45, 7) is 0.00606. The van der Waals surface area contributed by atoms with Gasteiger partial charge >= 0.3 is 0 Å². The second kappa shape index (κ2) is 8.61. The molecule has 0 saturated carbocycles. The largest absolute Gasteiger partial charge is 0.493 e. The maximum atomic E-state index is 12.4. The highest BCUT2D eigenvalue weighted by Crippen LogP contribution is 2.29. The Bertz CT molecular complexity index is 911. The summed E-state index contributed by atoms with van der Waals surface area (Å²) in [5.74, 6) is 6.57. The molecular formula is C19H22N2O4S. The first-order valence-corrected chi connectivity index (χ1v) is 9.33. The molecule has 0 bridgehead atoms. The lowest BCUT2D eigenvalue weighted by molar-refractivity contribution is 0.354. The molecule has 0 aliphatic heterocycles. The molecule has 26 heavy (non-hydrogen) atoms. The van der Waals surface area contributed by atoms with Crippen LogP contribution in [0.5, 0.6) is 11.5 Å². The molecule has 0 amide bonds. The zero-order chi connectivity index (χ0) is 19.2. The van der Waals surface area contributed by atoms with Gasteiger partial charge in [0.15, 0.2) is 11.5 Å². The van der Waals surface area contributed by atoms with Crippen LogP contribution in [0.3, 0.4) is 0 Å². The Kier molecular flexibility index (Phi) is 6.50. The summed E-state index contributed by atoms with van der Waals surface area (Å²) in [7, 11) is 3.18. The van der Waals surface area contributed by atoms with Crippen LogP contribution in [0, 0.1) is 11.8 Å². The second-order valence-electron chi connectivity index (χ2n) is 5.58. The summed E-state index contributed by atoms with van der Waals surface area (Å²) in [5, 5.41) is 0. The van der Waals surface area contributed by atoms with Crippen molar-refractivity contribution in [1.29, 1.82) is 0 Å². The molecule has 1 N–H and O–H groups in total. The first kappa shape index (κ1) is 19.6. The predicted octanol–water partition coefficient (Wildman–Crippen LogP) is 2.10. The van der Waals surface area contributed by atoms with Crippen molar-refractivity contribution >= 4 is 15.7 Å². The third-order valence-electron chi connectivity index (χ3n) is 3.63. The number of benzene rings is 2. The number of ether oxygens (including phenoxy) is 2. The summed E-state index contributed by atoms with van der Waals surface area (Å²) in [6.07, 6.45) is 0. The van der Waals surface area contributed by atoms with E-state index in [1.54, 1.807) is 6.07 Å². The minimum absolute atomic E-state index is 0.00606. The molecule has 0 heterocycles. The molecular weight excluding hydrogens is 352 g/mol. The van der Waals surface area contributed by atoms with Gasteiger partial charge in [0, 0.05) is 31.4 Å². The lowest BCUT2D eigenvalue weighted by Crippen LogP contribution is -2.24. The normalized spacial score (nSPS) is 10.6. The van der Waals surface area contributed by atoms with Crippen LogP contribution in [0.25, 0.3) is 0 Å². The van der Waals surface area contributed by atoms with Gasteiger partial charge in [0.05, 0.1) is 25.7 Å². The fourth-order valence-electron chi connectivity index (χ4n) is 2.19. The topological polar surface area (TPSA) is 67.9 Å². The Balaban J connectivity index is 2.05. The van der Waals surface area contributed by atoms with E-state index < -0.39 is 10.0 Å². The molecule has 0 aromatic heterocycles. The third kappa shape index (κ3) is 4.91. The van der Waals surface area contributed by atoms with Crippen LogP contribution in [-0.2, 0) is 10.0 Å². The summed E-state index contributed by atoms with van der Waals surface area (Å²) in [5.41, 5.74) is 1.89. The molecule has 0 aliphatic carbocycles. The summed E-state index contributed by atoms with van der Waals surface area (Å²) < 4.78 is 37.4. The van der Waals surface area contributed by atoms with Gasteiger partial charge in [-0.05, 0) is 36.4 Å². The predicted molar refractivity (Wildman–Crippen MR) is 102 cm³/mol. The molecule has 2 rings (SSSR count). The highest BCUT2D eigenvalue weighted by molar-refractivity contribution is 7.89. The van der Waals surface area contributed by atoms with Gasteiger partial charge in [-0.3, -0.25) is 0 Å². The average molecular weight is 374 g/mol. The van der Waals surface area contributed by atoms with Gasteiger partial charge in [-0.25, -0.2) is 8.42 Å². The molecule has 0 saturated heterocycles. The number of nitrogens with zero attached hydrogens (tertiary/aromatic N) is 1. The van der Waals surface area contributed by atoms with Crippen molar-refractivity contribution in [1.82, 2.24) is 4.72 Å². The Hall–Kier alpha value is -2.69. The maximum absolute atomic E-state index is 12.4. The minimum atomic E-state index is -3.68. The van der Waals surface area contributed by atoms with Gasteiger partial charge in [-0.1, -0.05) is 11.8 Å². The molecule has 0 atom stereocenters. The van der Waals surface area contributed by atoms with Gasteiger partial charge in [0.2, 0.25) is 10.0 Å². The Morgan fingerprint density at radius 3 is 2.23 bits per heavy atom. The maximum Gasteiger partial charge on any atom is 0.241 e. The third-order valence-corrected chi connectivity index (χ3v) is 5.03. The number of hydrogen-bond acceptors (Lipinski definition) is 5. The van der Waals surface area contributed by atoms with Crippen molar-refractivity contribution in [2.75, 3.05) is 39.8 Å². The number of anilines is 1. The summed E-state index contributed by atoms with van der Waals surface area (Å²) in [6, 6.07) is 12.1. The van der Waals surface area contributed by atoms with Gasteiger partial charge < -0.3 is 14.4 Å². The van der Waals surface area contributed by atoms with E-state index in [2.05, 4.69) is 16.6 Å². The van der Waals surface area contributed by atoms with E-state index in [4.69, 9.17) is 9.47 Å². The highest BCUT2D eigenvalue weighted by Gasteiger charge is 2.16. The van der Waals surface area contributed by atoms with Crippen molar-refractivity contribution in [2.45, 2.75) is 4.90 Å². The molecule has 6 nitrogen and oxygen atoms in total. The Morgan fingerprint density at radius 1 is 1.00 bits per heavy atom. The van der Waals surface area contributed by atoms with Crippen molar-refractivity contribution in [3.05, 3.63) is 48.0 Å². The fraction of sp³-hybridized carbons (Fsp3) is 0.263. The standard InChI is InChI=1S/C19H22N2O4S/c1-21(2)16-9-7-15(8-10-16)6-5-13-20-26(22,23)17-11-12-18(24-3)19(14-17)25-4/h7-12,14,20H,13H2,1-4H3. The monoisotopic (exact) mass is 374 g/mol. The smallest absolute Gasteiger partial charge is 0.241 e. The van der Waals surface area contributed by atoms with Gasteiger partial charge in [-0.15, -0.1) is 0 Å². The average Bonchev–Trinajstić information content (AvgIpc) is 2.65. The number of methoxy groups -OCH3 is 2. The van der Waals surface area contributed by atoms with E-state index in [-0.39, 0.29) is 11.4 Å². The number of sulfonamides is 1. The SMILES string of the molecule is COc1ccc(S(=O)(=O)NCC#Cc2ccc(N(C)C)cc2)cc1OC. The zero-order valence-electron chi connectivity index (χ0n) is 15.2. The molecule has 0 radical (unpaired) electrons. The first-order chi connectivity index (χ1) is 12.4. The highest BCUT2D eigenvalue weighted by atomic mass is 32.2. The van der Waals surface area contributed by atoms with Gasteiger partial charge in [-0.2, -0.15) is 4.72 Å². The number of hydrogen-bond donors (Lipinski definition) is 1. The van der Waals surface area contributed by atoms with E-state index >= 15 is 0 Å². The van der Waals surface area contributed by atoms with E-state index in [0.29, 0.717) is 11.5 Å². The number of rotatable bonds is 6. The molecule has 0 aliphatic rings. The summed E-state index contributed by atoms with van der Waals surface area (Å²) in [4.78, 5) is 2.08. The zero-order valence-corrected chi connectivity index (χ0v) is 16.1. The van der Waals surface area contributed by atoms with Crippen LogP contribution < -0.4 is 19.1 Å². The van der Waals surface area contributed by atoms with Crippen LogP contribution >= 0.6 is 0 Å². The van der Waals surface area contributed by atoms with Crippen LogP contribution in [0.4, 0.5) is 5.69 Å². The summed E-state index contributed by atoms with van der Waals surface area (Å²) >= 11 is 0. The van der Waals surface area contributed by atoms with Crippen LogP contribution in [0.2, 0.25) is 0 Å². The van der Waals surface area contributed by atoms with Crippen molar-refractivity contribution in [3.8, 4) is 23.3 Å². The lowest BCUT2D eigenvalue weighted by atomic mass is 10.2. The van der Waals surface area contributed by atoms with Crippen molar-refractivity contribution < 1.29 is 17.9 Å². The van der Waals surface area contributed by atoms with Crippen LogP contribution in [0.15, 0.2) is 47.4 Å². The van der Waals surface area contributed by atoms with Crippen molar-refractivity contribution in [2.24, 2.45) is 0 Å².